The summed E-state index contributed by atoms with van der Waals surface area (Å²) in [6.07, 6.45) is 7.75. The van der Waals surface area contributed by atoms with Crippen LogP contribution >= 0.6 is 0 Å². The molecule has 2 N–H and O–H groups in total. The molecule has 5 nitrogen and oxygen atoms in total. The molecule has 0 bridgehead atoms. The van der Waals surface area contributed by atoms with Gasteiger partial charge in [-0.25, -0.2) is 0 Å². The number of furan rings is 1. The van der Waals surface area contributed by atoms with Crippen LogP contribution in [0.25, 0.3) is 0 Å². The number of hydrazine groups is 1. The van der Waals surface area contributed by atoms with Crippen LogP contribution in [0.15, 0.2) is 47.1 Å². The molecule has 0 atom stereocenters. The Labute approximate surface area is 135 Å². The predicted octanol–water partition coefficient (Wildman–Crippen LogP) is 3.40. The molecule has 2 amide bonds. The maximum atomic E-state index is 12.0. The standard InChI is InChI=1S/C18H20N2O3/c21-17(19-20-18(22)16-7-4-12-23-16)15-10-8-14(9-11-15)13-5-2-1-3-6-13/h4,7-13H,1-3,5-6H2,(H,19,21)(H,20,22). The zero-order valence-electron chi connectivity index (χ0n) is 12.9. The fraction of sp³-hybridized carbons (Fsp3) is 0.333. The molecule has 1 aliphatic carbocycles. The third kappa shape index (κ3) is 3.80. The second-order valence-corrected chi connectivity index (χ2v) is 5.84. The number of hydrogen-bond acceptors (Lipinski definition) is 3. The lowest BCUT2D eigenvalue weighted by molar-refractivity contribution is 0.0831. The Morgan fingerprint density at radius 1 is 0.913 bits per heavy atom. The van der Waals surface area contributed by atoms with Crippen molar-refractivity contribution in [3.05, 3.63) is 59.5 Å². The average Bonchev–Trinajstić information content (AvgIpc) is 3.15. The zero-order chi connectivity index (χ0) is 16.1. The normalized spacial score (nSPS) is 15.1. The second-order valence-electron chi connectivity index (χ2n) is 5.84. The number of rotatable bonds is 3. The van der Waals surface area contributed by atoms with Crippen LogP contribution in [0.5, 0.6) is 0 Å². The van der Waals surface area contributed by atoms with E-state index < -0.39 is 5.91 Å². The summed E-state index contributed by atoms with van der Waals surface area (Å²) in [4.78, 5) is 23.7. The molecule has 120 valence electrons. The highest BCUT2D eigenvalue weighted by Crippen LogP contribution is 2.32. The maximum absolute atomic E-state index is 12.0. The van der Waals surface area contributed by atoms with Gasteiger partial charge in [-0.3, -0.25) is 20.4 Å². The summed E-state index contributed by atoms with van der Waals surface area (Å²) in [5.41, 5.74) is 6.53. The lowest BCUT2D eigenvalue weighted by Crippen LogP contribution is -2.41. The van der Waals surface area contributed by atoms with Crippen molar-refractivity contribution < 1.29 is 14.0 Å². The molecule has 23 heavy (non-hydrogen) atoms. The van der Waals surface area contributed by atoms with Gasteiger partial charge in [0, 0.05) is 5.56 Å². The molecule has 0 spiro atoms. The monoisotopic (exact) mass is 312 g/mol. The number of carbonyl (C=O) groups is 2. The first-order valence-corrected chi connectivity index (χ1v) is 7.98. The quantitative estimate of drug-likeness (QED) is 0.853. The molecule has 0 saturated heterocycles. The van der Waals surface area contributed by atoms with Gasteiger partial charge in [0.15, 0.2) is 5.76 Å². The van der Waals surface area contributed by atoms with Crippen molar-refractivity contribution in [1.29, 1.82) is 0 Å². The van der Waals surface area contributed by atoms with E-state index in [0.717, 1.165) is 0 Å². The highest BCUT2D eigenvalue weighted by atomic mass is 16.3. The van der Waals surface area contributed by atoms with Crippen LogP contribution in [0.3, 0.4) is 0 Å². The number of carbonyl (C=O) groups excluding carboxylic acids is 2. The van der Waals surface area contributed by atoms with Crippen molar-refractivity contribution in [3.8, 4) is 0 Å². The summed E-state index contributed by atoms with van der Waals surface area (Å²) >= 11 is 0. The van der Waals surface area contributed by atoms with Gasteiger partial charge in [-0.15, -0.1) is 0 Å². The van der Waals surface area contributed by atoms with E-state index in [1.54, 1.807) is 18.2 Å². The zero-order valence-corrected chi connectivity index (χ0v) is 12.9. The molecule has 1 aromatic carbocycles. The molecule has 1 saturated carbocycles. The summed E-state index contributed by atoms with van der Waals surface area (Å²) in [5, 5.41) is 0. The predicted molar refractivity (Wildman–Crippen MR) is 85.9 cm³/mol. The summed E-state index contributed by atoms with van der Waals surface area (Å²) < 4.78 is 4.95. The molecular weight excluding hydrogens is 292 g/mol. The van der Waals surface area contributed by atoms with Gasteiger partial charge in [-0.05, 0) is 48.6 Å². The van der Waals surface area contributed by atoms with Crippen molar-refractivity contribution in [2.75, 3.05) is 0 Å². The number of amides is 2. The van der Waals surface area contributed by atoms with Crippen molar-refractivity contribution in [3.63, 3.8) is 0 Å². The van der Waals surface area contributed by atoms with E-state index in [-0.39, 0.29) is 11.7 Å². The van der Waals surface area contributed by atoms with Gasteiger partial charge in [-0.1, -0.05) is 31.4 Å². The van der Waals surface area contributed by atoms with Gasteiger partial charge in [0.1, 0.15) is 0 Å². The van der Waals surface area contributed by atoms with Crippen LogP contribution in [0.4, 0.5) is 0 Å². The van der Waals surface area contributed by atoms with E-state index in [0.29, 0.717) is 11.5 Å². The van der Waals surface area contributed by atoms with Crippen LogP contribution in [-0.4, -0.2) is 11.8 Å². The topological polar surface area (TPSA) is 71.3 Å². The van der Waals surface area contributed by atoms with Gasteiger partial charge < -0.3 is 4.42 Å². The smallest absolute Gasteiger partial charge is 0.305 e. The Morgan fingerprint density at radius 3 is 2.26 bits per heavy atom. The first-order chi connectivity index (χ1) is 11.2. The molecule has 2 aromatic rings. The maximum Gasteiger partial charge on any atom is 0.305 e. The minimum absolute atomic E-state index is 0.151. The Morgan fingerprint density at radius 2 is 1.61 bits per heavy atom. The highest BCUT2D eigenvalue weighted by Gasteiger charge is 2.16. The van der Waals surface area contributed by atoms with Gasteiger partial charge in [-0.2, -0.15) is 0 Å². The van der Waals surface area contributed by atoms with Crippen molar-refractivity contribution >= 4 is 11.8 Å². The molecule has 0 radical (unpaired) electrons. The first kappa shape index (κ1) is 15.3. The minimum Gasteiger partial charge on any atom is -0.459 e. The largest absolute Gasteiger partial charge is 0.459 e. The van der Waals surface area contributed by atoms with Gasteiger partial charge in [0.2, 0.25) is 0 Å². The highest BCUT2D eigenvalue weighted by molar-refractivity contribution is 5.97. The summed E-state index contributed by atoms with van der Waals surface area (Å²) in [6, 6.07) is 10.8. The lowest BCUT2D eigenvalue weighted by Gasteiger charge is -2.22. The summed E-state index contributed by atoms with van der Waals surface area (Å²) in [6.45, 7) is 0. The van der Waals surface area contributed by atoms with E-state index in [4.69, 9.17) is 4.42 Å². The van der Waals surface area contributed by atoms with Crippen LogP contribution in [0, 0.1) is 0 Å². The second kappa shape index (κ2) is 7.13. The van der Waals surface area contributed by atoms with Crippen molar-refractivity contribution in [2.24, 2.45) is 0 Å². The van der Waals surface area contributed by atoms with E-state index in [9.17, 15) is 9.59 Å². The molecule has 1 heterocycles. The number of benzene rings is 1. The number of hydrogen-bond donors (Lipinski definition) is 2. The van der Waals surface area contributed by atoms with E-state index >= 15 is 0 Å². The van der Waals surface area contributed by atoms with Gasteiger partial charge in [0.05, 0.1) is 6.26 Å². The summed E-state index contributed by atoms with van der Waals surface area (Å²) in [5.74, 6) is -0.0697. The lowest BCUT2D eigenvalue weighted by atomic mass is 9.84. The fourth-order valence-electron chi connectivity index (χ4n) is 3.00. The first-order valence-electron chi connectivity index (χ1n) is 7.98. The molecule has 1 aliphatic rings. The fourth-order valence-corrected chi connectivity index (χ4v) is 3.00. The third-order valence-corrected chi connectivity index (χ3v) is 4.28. The number of nitrogens with one attached hydrogen (secondary N) is 2. The summed E-state index contributed by atoms with van der Waals surface area (Å²) in [7, 11) is 0. The van der Waals surface area contributed by atoms with Crippen molar-refractivity contribution in [2.45, 2.75) is 38.0 Å². The molecule has 5 heteroatoms. The third-order valence-electron chi connectivity index (χ3n) is 4.28. The van der Waals surface area contributed by atoms with Crippen LogP contribution in [0.2, 0.25) is 0 Å². The van der Waals surface area contributed by atoms with E-state index in [1.165, 1.54) is 50.0 Å². The van der Waals surface area contributed by atoms with Crippen LogP contribution in [0.1, 0.15) is 64.5 Å². The molecule has 3 rings (SSSR count). The Kier molecular flexibility index (Phi) is 4.76. The SMILES string of the molecule is O=C(NNC(=O)c1ccco1)c1ccc(C2CCCCC2)cc1. The van der Waals surface area contributed by atoms with E-state index in [2.05, 4.69) is 10.9 Å². The van der Waals surface area contributed by atoms with Crippen LogP contribution < -0.4 is 10.9 Å². The van der Waals surface area contributed by atoms with Crippen molar-refractivity contribution in [1.82, 2.24) is 10.9 Å². The molecular formula is C18H20N2O3. The van der Waals surface area contributed by atoms with Gasteiger partial charge in [0.25, 0.3) is 5.91 Å². The Bertz CT molecular complexity index is 656. The molecule has 0 aliphatic heterocycles. The Hall–Kier alpha value is -2.56. The van der Waals surface area contributed by atoms with Gasteiger partial charge >= 0.3 is 5.91 Å². The molecule has 1 aromatic heterocycles. The van der Waals surface area contributed by atoms with Crippen LogP contribution in [-0.2, 0) is 0 Å². The minimum atomic E-state index is -0.484. The Balaban J connectivity index is 1.56. The molecule has 1 fully saturated rings. The molecule has 0 unspecified atom stereocenters. The van der Waals surface area contributed by atoms with E-state index in [1.807, 2.05) is 12.1 Å². The average molecular weight is 312 g/mol.